The Hall–Kier alpha value is -2.25. The predicted molar refractivity (Wildman–Crippen MR) is 89.7 cm³/mol. The fourth-order valence-corrected chi connectivity index (χ4v) is 2.62. The minimum Gasteiger partial charge on any atom is -0.354 e. The summed E-state index contributed by atoms with van der Waals surface area (Å²) in [6, 6.07) is 13.6. The van der Waals surface area contributed by atoms with E-state index in [0.717, 1.165) is 5.56 Å². The molecule has 2 aromatic rings. The molecule has 0 saturated carbocycles. The van der Waals surface area contributed by atoms with E-state index >= 15 is 0 Å². The molecule has 7 heteroatoms. The second-order valence-corrected chi connectivity index (χ2v) is 6.98. The first-order valence-corrected chi connectivity index (χ1v) is 8.96. The van der Waals surface area contributed by atoms with Crippen LogP contribution in [0.2, 0.25) is 0 Å². The van der Waals surface area contributed by atoms with Gasteiger partial charge in [-0.05, 0) is 24.1 Å². The molecule has 24 heavy (non-hydrogen) atoms. The third-order valence-electron chi connectivity index (χ3n) is 3.63. The van der Waals surface area contributed by atoms with Crippen molar-refractivity contribution < 1.29 is 22.2 Å². The van der Waals surface area contributed by atoms with Crippen molar-refractivity contribution in [3.8, 4) is 11.1 Å². The normalized spacial score (nSPS) is 12.6. The van der Waals surface area contributed by atoms with Gasteiger partial charge in [-0.1, -0.05) is 42.5 Å². The van der Waals surface area contributed by atoms with Crippen LogP contribution < -0.4 is 5.32 Å². The van der Waals surface area contributed by atoms with Crippen LogP contribution in [0.1, 0.15) is 18.4 Å². The summed E-state index contributed by atoms with van der Waals surface area (Å²) in [5.41, 5.74) is 1.67. The molecule has 128 valence electrons. The molecular weight excluding hydrogens is 333 g/mol. The molecule has 1 unspecified atom stereocenters. The Labute approximate surface area is 140 Å². The molecule has 0 aliphatic carbocycles. The van der Waals surface area contributed by atoms with Gasteiger partial charge < -0.3 is 5.32 Å². The maximum absolute atomic E-state index is 14.3. The van der Waals surface area contributed by atoms with Gasteiger partial charge in [0, 0.05) is 12.1 Å². The Morgan fingerprint density at radius 3 is 2.46 bits per heavy atom. The molecule has 0 radical (unpaired) electrons. The lowest BCUT2D eigenvalue weighted by atomic mass is 9.96. The highest BCUT2D eigenvalue weighted by Gasteiger charge is 2.17. The number of rotatable bonds is 6. The molecule has 2 rings (SSSR count). The number of hydrogen-bond donors (Lipinski definition) is 2. The van der Waals surface area contributed by atoms with Crippen molar-refractivity contribution in [1.82, 2.24) is 5.32 Å². The van der Waals surface area contributed by atoms with Crippen molar-refractivity contribution >= 4 is 16.0 Å². The Kier molecular flexibility index (Phi) is 5.69. The van der Waals surface area contributed by atoms with Crippen LogP contribution in [-0.2, 0) is 14.9 Å². The van der Waals surface area contributed by atoms with E-state index < -0.39 is 33.5 Å². The molecule has 5 nitrogen and oxygen atoms in total. The summed E-state index contributed by atoms with van der Waals surface area (Å²) < 4.78 is 44.2. The zero-order chi connectivity index (χ0) is 17.7. The molecule has 0 saturated heterocycles. The number of halogens is 1. The summed E-state index contributed by atoms with van der Waals surface area (Å²) in [6.45, 7) is 1.40. The van der Waals surface area contributed by atoms with Crippen LogP contribution in [0.25, 0.3) is 11.1 Å². The number of hydrogen-bond acceptors (Lipinski definition) is 3. The Balaban J connectivity index is 2.09. The molecule has 1 amide bonds. The SMILES string of the molecule is CC(C(=O)NCCS(=O)(=O)O)c1ccc(-c2ccccc2)c(F)c1. The second kappa shape index (κ2) is 7.55. The predicted octanol–water partition coefficient (Wildman–Crippen LogP) is 2.60. The van der Waals surface area contributed by atoms with Crippen LogP contribution in [0.3, 0.4) is 0 Å². The third-order valence-corrected chi connectivity index (χ3v) is 4.35. The zero-order valence-corrected chi connectivity index (χ0v) is 13.9. The van der Waals surface area contributed by atoms with Crippen LogP contribution >= 0.6 is 0 Å². The van der Waals surface area contributed by atoms with Crippen molar-refractivity contribution in [2.75, 3.05) is 12.3 Å². The molecule has 0 heterocycles. The molecule has 0 aromatic heterocycles. The van der Waals surface area contributed by atoms with Crippen LogP contribution in [0.4, 0.5) is 4.39 Å². The van der Waals surface area contributed by atoms with E-state index in [-0.39, 0.29) is 6.54 Å². The van der Waals surface area contributed by atoms with E-state index in [9.17, 15) is 17.6 Å². The smallest absolute Gasteiger partial charge is 0.266 e. The lowest BCUT2D eigenvalue weighted by Gasteiger charge is -2.13. The maximum Gasteiger partial charge on any atom is 0.266 e. The van der Waals surface area contributed by atoms with E-state index in [4.69, 9.17) is 4.55 Å². The molecule has 0 aliphatic rings. The van der Waals surface area contributed by atoms with Gasteiger partial charge in [0.2, 0.25) is 5.91 Å². The minimum absolute atomic E-state index is 0.202. The van der Waals surface area contributed by atoms with Gasteiger partial charge in [0.25, 0.3) is 10.1 Å². The largest absolute Gasteiger partial charge is 0.354 e. The molecule has 0 bridgehead atoms. The van der Waals surface area contributed by atoms with Crippen LogP contribution in [-0.4, -0.2) is 31.2 Å². The number of carbonyl (C=O) groups is 1. The number of carbonyl (C=O) groups excluding carboxylic acids is 1. The fraction of sp³-hybridized carbons (Fsp3) is 0.235. The highest BCUT2D eigenvalue weighted by molar-refractivity contribution is 7.85. The summed E-state index contributed by atoms with van der Waals surface area (Å²) in [5.74, 6) is -2.08. The number of benzene rings is 2. The summed E-state index contributed by atoms with van der Waals surface area (Å²) >= 11 is 0. The summed E-state index contributed by atoms with van der Waals surface area (Å²) in [5, 5.41) is 2.40. The van der Waals surface area contributed by atoms with Gasteiger partial charge >= 0.3 is 0 Å². The van der Waals surface area contributed by atoms with Crippen molar-refractivity contribution in [3.63, 3.8) is 0 Å². The highest BCUT2D eigenvalue weighted by Crippen LogP contribution is 2.26. The zero-order valence-electron chi connectivity index (χ0n) is 13.1. The van der Waals surface area contributed by atoms with Crippen molar-refractivity contribution in [1.29, 1.82) is 0 Å². The van der Waals surface area contributed by atoms with Gasteiger partial charge in [-0.2, -0.15) is 8.42 Å². The monoisotopic (exact) mass is 351 g/mol. The Morgan fingerprint density at radius 2 is 1.88 bits per heavy atom. The summed E-state index contributed by atoms with van der Waals surface area (Å²) in [6.07, 6.45) is 0. The average Bonchev–Trinajstić information content (AvgIpc) is 2.53. The topological polar surface area (TPSA) is 83.5 Å². The maximum atomic E-state index is 14.3. The quantitative estimate of drug-likeness (QED) is 0.784. The van der Waals surface area contributed by atoms with E-state index in [1.165, 1.54) is 6.07 Å². The molecule has 0 fully saturated rings. The van der Waals surface area contributed by atoms with E-state index in [0.29, 0.717) is 11.1 Å². The molecule has 0 aliphatic heterocycles. The minimum atomic E-state index is -4.13. The highest BCUT2D eigenvalue weighted by atomic mass is 32.2. The molecule has 0 spiro atoms. The summed E-state index contributed by atoms with van der Waals surface area (Å²) in [7, 11) is -4.13. The fourth-order valence-electron chi connectivity index (χ4n) is 2.26. The third kappa shape index (κ3) is 4.87. The first kappa shape index (κ1) is 18.1. The molecular formula is C17H18FNO4S. The standard InChI is InChI=1S/C17H18FNO4S/c1-12(17(20)19-9-10-24(21,22)23)14-7-8-15(16(18)11-14)13-5-3-2-4-6-13/h2-8,11-12H,9-10H2,1H3,(H,19,20)(H,21,22,23). The molecule has 1 atom stereocenters. The van der Waals surface area contributed by atoms with Gasteiger partial charge in [0.1, 0.15) is 5.82 Å². The van der Waals surface area contributed by atoms with Gasteiger partial charge in [0.15, 0.2) is 0 Å². The van der Waals surface area contributed by atoms with E-state index in [1.54, 1.807) is 31.2 Å². The number of amides is 1. The van der Waals surface area contributed by atoms with Crippen molar-refractivity contribution in [3.05, 3.63) is 59.9 Å². The van der Waals surface area contributed by atoms with Crippen LogP contribution in [0.5, 0.6) is 0 Å². The first-order valence-electron chi connectivity index (χ1n) is 7.35. The van der Waals surface area contributed by atoms with Gasteiger partial charge in [-0.3, -0.25) is 9.35 Å². The van der Waals surface area contributed by atoms with Crippen molar-refractivity contribution in [2.24, 2.45) is 0 Å². The van der Waals surface area contributed by atoms with E-state index in [1.807, 2.05) is 18.2 Å². The molecule has 2 aromatic carbocycles. The van der Waals surface area contributed by atoms with E-state index in [2.05, 4.69) is 5.32 Å². The Morgan fingerprint density at radius 1 is 1.21 bits per heavy atom. The first-order chi connectivity index (χ1) is 11.3. The van der Waals surface area contributed by atoms with Gasteiger partial charge in [-0.25, -0.2) is 4.39 Å². The lowest BCUT2D eigenvalue weighted by molar-refractivity contribution is -0.122. The van der Waals surface area contributed by atoms with Gasteiger partial charge in [-0.15, -0.1) is 0 Å². The second-order valence-electron chi connectivity index (χ2n) is 5.40. The van der Waals surface area contributed by atoms with Gasteiger partial charge in [0.05, 0.1) is 11.7 Å². The van der Waals surface area contributed by atoms with Crippen LogP contribution in [0, 0.1) is 5.82 Å². The number of nitrogens with one attached hydrogen (secondary N) is 1. The van der Waals surface area contributed by atoms with Crippen LogP contribution in [0.15, 0.2) is 48.5 Å². The Bertz CT molecular complexity index is 822. The average molecular weight is 351 g/mol. The molecule has 2 N–H and O–H groups in total. The summed E-state index contributed by atoms with van der Waals surface area (Å²) in [4.78, 5) is 12.0. The lowest BCUT2D eigenvalue weighted by Crippen LogP contribution is -2.32. The van der Waals surface area contributed by atoms with Crippen molar-refractivity contribution in [2.45, 2.75) is 12.8 Å².